The Kier molecular flexibility index (Phi) is 3.26. The van der Waals surface area contributed by atoms with E-state index in [0.29, 0.717) is 18.4 Å². The lowest BCUT2D eigenvalue weighted by Crippen LogP contribution is -2.36. The van der Waals surface area contributed by atoms with Crippen LogP contribution in [0.25, 0.3) is 0 Å². The van der Waals surface area contributed by atoms with Gasteiger partial charge in [-0.25, -0.2) is 0 Å². The number of hydrogen-bond donors (Lipinski definition) is 2. The number of likely N-dealkylation sites (tertiary alicyclic amines) is 1. The summed E-state index contributed by atoms with van der Waals surface area (Å²) in [6.07, 6.45) is 1.49. The molecule has 0 radical (unpaired) electrons. The smallest absolute Gasteiger partial charge is 0.423 e. The van der Waals surface area contributed by atoms with Crippen molar-refractivity contribution in [1.82, 2.24) is 4.90 Å². The van der Waals surface area contributed by atoms with E-state index in [1.807, 2.05) is 12.1 Å². The number of carbonyl (C=O) groups is 1. The van der Waals surface area contributed by atoms with Gasteiger partial charge in [0, 0.05) is 19.5 Å². The molecule has 0 spiro atoms. The summed E-state index contributed by atoms with van der Waals surface area (Å²) in [5.74, 6) is 0.141. The first-order chi connectivity index (χ1) is 7.68. The maximum absolute atomic E-state index is 11.5. The molecule has 1 saturated heterocycles. The molecule has 16 heavy (non-hydrogen) atoms. The van der Waals surface area contributed by atoms with Crippen molar-refractivity contribution in [3.8, 4) is 0 Å². The highest BCUT2D eigenvalue weighted by molar-refractivity contribution is 6.59. The normalized spacial score (nSPS) is 15.6. The van der Waals surface area contributed by atoms with Gasteiger partial charge < -0.3 is 14.9 Å². The summed E-state index contributed by atoms with van der Waals surface area (Å²) in [6, 6.07) is 7.08. The Hall–Kier alpha value is -1.33. The van der Waals surface area contributed by atoms with Crippen LogP contribution in [0.15, 0.2) is 24.3 Å². The van der Waals surface area contributed by atoms with Crippen molar-refractivity contribution in [3.05, 3.63) is 29.8 Å². The summed E-state index contributed by atoms with van der Waals surface area (Å²) in [5, 5.41) is 18.4. The standard InChI is InChI=1S/C11H14BNO3/c14-11-6-3-7-13(11)8-9-4-1-2-5-10(9)12(15)16/h1-2,4-5,15-16H,3,6-8H2. The molecule has 84 valence electrons. The molecule has 1 aromatic carbocycles. The van der Waals surface area contributed by atoms with E-state index >= 15 is 0 Å². The first-order valence-electron chi connectivity index (χ1n) is 5.40. The van der Waals surface area contributed by atoms with E-state index in [4.69, 9.17) is 0 Å². The van der Waals surface area contributed by atoms with Crippen molar-refractivity contribution in [2.24, 2.45) is 0 Å². The van der Waals surface area contributed by atoms with E-state index in [-0.39, 0.29) is 5.91 Å². The van der Waals surface area contributed by atoms with Crippen molar-refractivity contribution in [2.75, 3.05) is 6.54 Å². The third-order valence-corrected chi connectivity index (χ3v) is 2.87. The number of hydrogen-bond acceptors (Lipinski definition) is 3. The Bertz CT molecular complexity index is 395. The van der Waals surface area contributed by atoms with Crippen LogP contribution in [0.2, 0.25) is 0 Å². The van der Waals surface area contributed by atoms with Crippen molar-refractivity contribution in [2.45, 2.75) is 19.4 Å². The molecule has 5 heteroatoms. The van der Waals surface area contributed by atoms with E-state index in [9.17, 15) is 14.8 Å². The second-order valence-corrected chi connectivity index (χ2v) is 3.99. The maximum Gasteiger partial charge on any atom is 0.488 e. The van der Waals surface area contributed by atoms with Crippen LogP contribution in [0.1, 0.15) is 18.4 Å². The van der Waals surface area contributed by atoms with Crippen LogP contribution in [0.4, 0.5) is 0 Å². The molecular formula is C11H14BNO3. The third kappa shape index (κ3) is 2.26. The highest BCUT2D eigenvalue weighted by Gasteiger charge is 2.23. The molecule has 0 aromatic heterocycles. The molecular weight excluding hydrogens is 205 g/mol. The van der Waals surface area contributed by atoms with Crippen LogP contribution in [0, 0.1) is 0 Å². The fourth-order valence-electron chi connectivity index (χ4n) is 2.01. The van der Waals surface area contributed by atoms with Gasteiger partial charge in [0.05, 0.1) is 0 Å². The molecule has 0 saturated carbocycles. The number of carbonyl (C=O) groups excluding carboxylic acids is 1. The second-order valence-electron chi connectivity index (χ2n) is 3.99. The lowest BCUT2D eigenvalue weighted by atomic mass is 9.77. The van der Waals surface area contributed by atoms with Gasteiger partial charge in [0.2, 0.25) is 5.91 Å². The first kappa shape index (κ1) is 11.2. The molecule has 1 amide bonds. The lowest BCUT2D eigenvalue weighted by Gasteiger charge is -2.17. The lowest BCUT2D eigenvalue weighted by molar-refractivity contribution is -0.128. The SMILES string of the molecule is O=C1CCCN1Cc1ccccc1B(O)O. The van der Waals surface area contributed by atoms with Gasteiger partial charge in [0.15, 0.2) is 0 Å². The molecule has 0 bridgehead atoms. The van der Waals surface area contributed by atoms with Crippen molar-refractivity contribution < 1.29 is 14.8 Å². The highest BCUT2D eigenvalue weighted by Crippen LogP contribution is 2.13. The number of amides is 1. The zero-order valence-electron chi connectivity index (χ0n) is 8.97. The van der Waals surface area contributed by atoms with Crippen molar-refractivity contribution in [1.29, 1.82) is 0 Å². The summed E-state index contributed by atoms with van der Waals surface area (Å²) in [4.78, 5) is 13.2. The van der Waals surface area contributed by atoms with Crippen molar-refractivity contribution in [3.63, 3.8) is 0 Å². The third-order valence-electron chi connectivity index (χ3n) is 2.87. The topological polar surface area (TPSA) is 60.8 Å². The molecule has 1 aromatic rings. The molecule has 1 heterocycles. The predicted molar refractivity (Wildman–Crippen MR) is 60.9 cm³/mol. The number of rotatable bonds is 3. The summed E-state index contributed by atoms with van der Waals surface area (Å²) in [6.45, 7) is 1.22. The molecule has 0 aliphatic carbocycles. The predicted octanol–water partition coefficient (Wildman–Crippen LogP) is -0.511. The monoisotopic (exact) mass is 219 g/mol. The second kappa shape index (κ2) is 4.68. The Labute approximate surface area is 94.7 Å². The van der Waals surface area contributed by atoms with Crippen LogP contribution in [-0.4, -0.2) is 34.5 Å². The van der Waals surface area contributed by atoms with Gasteiger partial charge in [0.25, 0.3) is 0 Å². The van der Waals surface area contributed by atoms with Crippen LogP contribution in [0.5, 0.6) is 0 Å². The molecule has 1 aliphatic rings. The Morgan fingerprint density at radius 1 is 1.31 bits per heavy atom. The van der Waals surface area contributed by atoms with E-state index in [1.165, 1.54) is 0 Å². The molecule has 0 atom stereocenters. The molecule has 0 unspecified atom stereocenters. The maximum atomic E-state index is 11.5. The first-order valence-corrected chi connectivity index (χ1v) is 5.40. The Morgan fingerprint density at radius 3 is 2.69 bits per heavy atom. The summed E-state index contributed by atoms with van der Waals surface area (Å²) in [7, 11) is -1.48. The quantitative estimate of drug-likeness (QED) is 0.673. The van der Waals surface area contributed by atoms with Crippen LogP contribution < -0.4 is 5.46 Å². The Morgan fingerprint density at radius 2 is 2.06 bits per heavy atom. The van der Waals surface area contributed by atoms with Gasteiger partial charge in [-0.05, 0) is 17.4 Å². The largest absolute Gasteiger partial charge is 0.488 e. The van der Waals surface area contributed by atoms with Gasteiger partial charge in [-0.1, -0.05) is 24.3 Å². The molecule has 4 nitrogen and oxygen atoms in total. The van der Waals surface area contributed by atoms with E-state index < -0.39 is 7.12 Å². The minimum Gasteiger partial charge on any atom is -0.423 e. The number of nitrogens with zero attached hydrogens (tertiary/aromatic N) is 1. The molecule has 1 fully saturated rings. The van der Waals surface area contributed by atoms with Gasteiger partial charge in [-0.15, -0.1) is 0 Å². The van der Waals surface area contributed by atoms with Gasteiger partial charge in [-0.2, -0.15) is 0 Å². The molecule has 2 N–H and O–H groups in total. The minimum atomic E-state index is -1.48. The fourth-order valence-corrected chi connectivity index (χ4v) is 2.01. The van der Waals surface area contributed by atoms with Crippen LogP contribution >= 0.6 is 0 Å². The van der Waals surface area contributed by atoms with Crippen LogP contribution in [0.3, 0.4) is 0 Å². The van der Waals surface area contributed by atoms with Gasteiger partial charge >= 0.3 is 7.12 Å². The summed E-state index contributed by atoms with van der Waals surface area (Å²) >= 11 is 0. The summed E-state index contributed by atoms with van der Waals surface area (Å²) in [5.41, 5.74) is 1.27. The highest BCUT2D eigenvalue weighted by atomic mass is 16.4. The van der Waals surface area contributed by atoms with Gasteiger partial charge in [-0.3, -0.25) is 4.79 Å². The average Bonchev–Trinajstić information content (AvgIpc) is 2.65. The van der Waals surface area contributed by atoms with E-state index in [0.717, 1.165) is 18.5 Å². The zero-order valence-corrected chi connectivity index (χ0v) is 8.97. The fraction of sp³-hybridized carbons (Fsp3) is 0.364. The average molecular weight is 219 g/mol. The zero-order chi connectivity index (χ0) is 11.5. The summed E-state index contributed by atoms with van der Waals surface area (Å²) < 4.78 is 0. The van der Waals surface area contributed by atoms with Crippen molar-refractivity contribution >= 4 is 18.5 Å². The number of benzene rings is 1. The molecule has 1 aliphatic heterocycles. The van der Waals surface area contributed by atoms with Crippen LogP contribution in [-0.2, 0) is 11.3 Å². The van der Waals surface area contributed by atoms with Gasteiger partial charge in [0.1, 0.15) is 0 Å². The van der Waals surface area contributed by atoms with E-state index in [2.05, 4.69) is 0 Å². The minimum absolute atomic E-state index is 0.141. The van der Waals surface area contributed by atoms with E-state index in [1.54, 1.807) is 17.0 Å². The molecule has 2 rings (SSSR count). The Balaban J connectivity index is 2.17.